The van der Waals surface area contributed by atoms with Gasteiger partial charge in [-0.2, -0.15) is 0 Å². The highest BCUT2D eigenvalue weighted by Gasteiger charge is 2.11. The number of nitrogens with zero attached hydrogens (tertiary/aromatic N) is 1. The summed E-state index contributed by atoms with van der Waals surface area (Å²) in [6.45, 7) is 1.52. The van der Waals surface area contributed by atoms with E-state index in [9.17, 15) is 0 Å². The zero-order valence-corrected chi connectivity index (χ0v) is 12.2. The number of aromatic nitrogens is 1. The van der Waals surface area contributed by atoms with Crippen LogP contribution in [0.1, 0.15) is 11.5 Å². The lowest BCUT2D eigenvalue weighted by atomic mass is 9.99. The van der Waals surface area contributed by atoms with Crippen LogP contribution in [0.25, 0.3) is 10.9 Å². The molecule has 1 aromatic heterocycles. The van der Waals surface area contributed by atoms with Crippen LogP contribution in [0.4, 0.5) is 0 Å². The summed E-state index contributed by atoms with van der Waals surface area (Å²) in [6.07, 6.45) is 2.12. The van der Waals surface area contributed by atoms with Crippen LogP contribution in [0.2, 0.25) is 0 Å². The SMILES string of the molecule is COc1ccc2c(ccn2CC(CN)c2ccccc2)c1. The Bertz CT molecular complexity index is 718. The lowest BCUT2D eigenvalue weighted by molar-refractivity contribution is 0.415. The lowest BCUT2D eigenvalue weighted by Crippen LogP contribution is -2.18. The molecule has 3 aromatic rings. The largest absolute Gasteiger partial charge is 0.497 e. The van der Waals surface area contributed by atoms with Crippen molar-refractivity contribution in [2.45, 2.75) is 12.5 Å². The van der Waals surface area contributed by atoms with Gasteiger partial charge in [-0.25, -0.2) is 0 Å². The van der Waals surface area contributed by atoms with Crippen LogP contribution in [0.3, 0.4) is 0 Å². The van der Waals surface area contributed by atoms with Gasteiger partial charge in [-0.05, 0) is 29.8 Å². The van der Waals surface area contributed by atoms with E-state index in [1.165, 1.54) is 16.5 Å². The van der Waals surface area contributed by atoms with Crippen LogP contribution in [0.5, 0.6) is 5.75 Å². The van der Waals surface area contributed by atoms with E-state index in [1.807, 2.05) is 12.1 Å². The van der Waals surface area contributed by atoms with Crippen LogP contribution in [0, 0.1) is 0 Å². The molecule has 0 spiro atoms. The van der Waals surface area contributed by atoms with E-state index >= 15 is 0 Å². The molecule has 0 saturated heterocycles. The minimum atomic E-state index is 0.323. The Kier molecular flexibility index (Phi) is 3.93. The van der Waals surface area contributed by atoms with Gasteiger partial charge in [0.1, 0.15) is 5.75 Å². The van der Waals surface area contributed by atoms with E-state index in [0.29, 0.717) is 12.5 Å². The van der Waals surface area contributed by atoms with Gasteiger partial charge in [-0.3, -0.25) is 0 Å². The number of ether oxygens (including phenoxy) is 1. The molecule has 0 aliphatic rings. The van der Waals surface area contributed by atoms with E-state index in [-0.39, 0.29) is 0 Å². The lowest BCUT2D eigenvalue weighted by Gasteiger charge is -2.17. The second-order valence-corrected chi connectivity index (χ2v) is 5.24. The highest BCUT2D eigenvalue weighted by atomic mass is 16.5. The van der Waals surface area contributed by atoms with Gasteiger partial charge in [0.25, 0.3) is 0 Å². The summed E-state index contributed by atoms with van der Waals surface area (Å²) < 4.78 is 7.54. The highest BCUT2D eigenvalue weighted by Crippen LogP contribution is 2.24. The molecular weight excluding hydrogens is 260 g/mol. The van der Waals surface area contributed by atoms with Crippen LogP contribution >= 0.6 is 0 Å². The highest BCUT2D eigenvalue weighted by molar-refractivity contribution is 5.81. The third-order valence-corrected chi connectivity index (χ3v) is 3.95. The molecule has 3 rings (SSSR count). The van der Waals surface area contributed by atoms with Crippen molar-refractivity contribution in [3.63, 3.8) is 0 Å². The molecule has 0 radical (unpaired) electrons. The van der Waals surface area contributed by atoms with Gasteiger partial charge in [0.05, 0.1) is 7.11 Å². The molecule has 0 aliphatic heterocycles. The molecule has 2 aromatic carbocycles. The first-order valence-corrected chi connectivity index (χ1v) is 7.19. The van der Waals surface area contributed by atoms with Gasteiger partial charge in [-0.1, -0.05) is 30.3 Å². The van der Waals surface area contributed by atoms with Crippen molar-refractivity contribution in [2.75, 3.05) is 13.7 Å². The van der Waals surface area contributed by atoms with E-state index in [1.54, 1.807) is 7.11 Å². The predicted molar refractivity (Wildman–Crippen MR) is 86.7 cm³/mol. The number of methoxy groups -OCH3 is 1. The Balaban J connectivity index is 1.90. The molecule has 2 N–H and O–H groups in total. The summed E-state index contributed by atoms with van der Waals surface area (Å²) in [6, 6.07) is 18.7. The van der Waals surface area contributed by atoms with Gasteiger partial charge in [0.15, 0.2) is 0 Å². The molecule has 21 heavy (non-hydrogen) atoms. The molecule has 3 nitrogen and oxygen atoms in total. The summed E-state index contributed by atoms with van der Waals surface area (Å²) >= 11 is 0. The molecular formula is C18H20N2O. The van der Waals surface area contributed by atoms with E-state index in [0.717, 1.165) is 12.3 Å². The molecule has 108 valence electrons. The number of hydrogen-bond donors (Lipinski definition) is 1. The average Bonchev–Trinajstić information content (AvgIpc) is 2.95. The van der Waals surface area contributed by atoms with Crippen molar-refractivity contribution in [1.82, 2.24) is 4.57 Å². The standard InChI is InChI=1S/C18H20N2O/c1-21-17-7-8-18-15(11-17)9-10-20(18)13-16(12-19)14-5-3-2-4-6-14/h2-11,16H,12-13,19H2,1H3. The topological polar surface area (TPSA) is 40.2 Å². The maximum atomic E-state index is 5.98. The average molecular weight is 280 g/mol. The van der Waals surface area contributed by atoms with Gasteiger partial charge in [-0.15, -0.1) is 0 Å². The van der Waals surface area contributed by atoms with Crippen molar-refractivity contribution < 1.29 is 4.74 Å². The van der Waals surface area contributed by atoms with Crippen molar-refractivity contribution in [3.8, 4) is 5.75 Å². The minimum Gasteiger partial charge on any atom is -0.497 e. The van der Waals surface area contributed by atoms with Crippen LogP contribution in [-0.4, -0.2) is 18.2 Å². The fourth-order valence-electron chi connectivity index (χ4n) is 2.74. The monoisotopic (exact) mass is 280 g/mol. The Labute approximate surface area is 125 Å². The second-order valence-electron chi connectivity index (χ2n) is 5.24. The molecule has 1 atom stereocenters. The Morgan fingerprint density at radius 3 is 2.62 bits per heavy atom. The molecule has 0 bridgehead atoms. The fraction of sp³-hybridized carbons (Fsp3) is 0.222. The number of fused-ring (bicyclic) bond motifs is 1. The second kappa shape index (κ2) is 6.02. The molecule has 3 heteroatoms. The summed E-state index contributed by atoms with van der Waals surface area (Å²) in [5, 5.41) is 1.19. The van der Waals surface area contributed by atoms with Gasteiger partial charge < -0.3 is 15.0 Å². The number of hydrogen-bond acceptors (Lipinski definition) is 2. The van der Waals surface area contributed by atoms with Gasteiger partial charge >= 0.3 is 0 Å². The molecule has 0 fully saturated rings. The summed E-state index contributed by atoms with van der Waals surface area (Å²) in [5.41, 5.74) is 8.48. The zero-order chi connectivity index (χ0) is 14.7. The predicted octanol–water partition coefficient (Wildman–Crippen LogP) is 3.39. The molecule has 0 aliphatic carbocycles. The quantitative estimate of drug-likeness (QED) is 0.778. The summed E-state index contributed by atoms with van der Waals surface area (Å²) in [7, 11) is 1.69. The molecule has 0 saturated carbocycles. The van der Waals surface area contributed by atoms with Crippen LogP contribution in [-0.2, 0) is 6.54 Å². The summed E-state index contributed by atoms with van der Waals surface area (Å²) in [4.78, 5) is 0. The van der Waals surface area contributed by atoms with Crippen LogP contribution < -0.4 is 10.5 Å². The smallest absolute Gasteiger partial charge is 0.119 e. The van der Waals surface area contributed by atoms with Crippen molar-refractivity contribution >= 4 is 10.9 Å². The Morgan fingerprint density at radius 1 is 1.10 bits per heavy atom. The fourth-order valence-corrected chi connectivity index (χ4v) is 2.74. The third kappa shape index (κ3) is 2.78. The first-order chi connectivity index (χ1) is 10.3. The van der Waals surface area contributed by atoms with Crippen molar-refractivity contribution in [3.05, 3.63) is 66.4 Å². The summed E-state index contributed by atoms with van der Waals surface area (Å²) in [5.74, 6) is 1.21. The maximum Gasteiger partial charge on any atom is 0.119 e. The normalized spacial score (nSPS) is 12.5. The molecule has 1 heterocycles. The minimum absolute atomic E-state index is 0.323. The van der Waals surface area contributed by atoms with E-state index < -0.39 is 0 Å². The number of nitrogens with two attached hydrogens (primary N) is 1. The van der Waals surface area contributed by atoms with Gasteiger partial charge in [0, 0.05) is 36.1 Å². The van der Waals surface area contributed by atoms with Crippen LogP contribution in [0.15, 0.2) is 60.8 Å². The molecule has 1 unspecified atom stereocenters. The Morgan fingerprint density at radius 2 is 1.90 bits per heavy atom. The van der Waals surface area contributed by atoms with E-state index in [2.05, 4.69) is 53.2 Å². The van der Waals surface area contributed by atoms with E-state index in [4.69, 9.17) is 10.5 Å². The third-order valence-electron chi connectivity index (χ3n) is 3.95. The van der Waals surface area contributed by atoms with Crippen molar-refractivity contribution in [1.29, 1.82) is 0 Å². The number of benzene rings is 2. The van der Waals surface area contributed by atoms with Gasteiger partial charge in [0.2, 0.25) is 0 Å². The zero-order valence-electron chi connectivity index (χ0n) is 12.2. The number of rotatable bonds is 5. The molecule has 0 amide bonds. The maximum absolute atomic E-state index is 5.98. The van der Waals surface area contributed by atoms with Crippen molar-refractivity contribution in [2.24, 2.45) is 5.73 Å². The first-order valence-electron chi connectivity index (χ1n) is 7.19. The first kappa shape index (κ1) is 13.7. The Hall–Kier alpha value is -2.26.